The molecule has 7 nitrogen and oxygen atoms in total. The first kappa shape index (κ1) is 25.1. The predicted octanol–water partition coefficient (Wildman–Crippen LogP) is 4.55. The minimum atomic E-state index is -0.492. The van der Waals surface area contributed by atoms with Crippen LogP contribution in [0.3, 0.4) is 0 Å². The fourth-order valence-corrected chi connectivity index (χ4v) is 6.48. The third-order valence-electron chi connectivity index (χ3n) is 7.54. The van der Waals surface area contributed by atoms with Crippen molar-refractivity contribution in [2.45, 2.75) is 64.0 Å². The zero-order valence-corrected chi connectivity index (χ0v) is 22.0. The first-order valence-electron chi connectivity index (χ1n) is 13.1. The summed E-state index contributed by atoms with van der Waals surface area (Å²) in [5.41, 5.74) is 2.69. The van der Waals surface area contributed by atoms with Crippen molar-refractivity contribution < 1.29 is 13.9 Å². The van der Waals surface area contributed by atoms with E-state index in [4.69, 9.17) is 4.74 Å². The normalized spacial score (nSPS) is 21.6. The van der Waals surface area contributed by atoms with Crippen molar-refractivity contribution in [3.8, 4) is 5.19 Å². The molecule has 0 bridgehead atoms. The number of aromatic nitrogens is 3. The van der Waals surface area contributed by atoms with Gasteiger partial charge >= 0.3 is 0 Å². The van der Waals surface area contributed by atoms with Crippen LogP contribution in [0.4, 0.5) is 4.39 Å². The Morgan fingerprint density at radius 2 is 2.06 bits per heavy atom. The Morgan fingerprint density at radius 1 is 1.25 bits per heavy atom. The number of halogens is 1. The van der Waals surface area contributed by atoms with Gasteiger partial charge in [0.15, 0.2) is 0 Å². The highest BCUT2D eigenvalue weighted by atomic mass is 32.1. The zero-order valence-electron chi connectivity index (χ0n) is 21.2. The van der Waals surface area contributed by atoms with Crippen LogP contribution in [0.15, 0.2) is 24.4 Å². The molecule has 1 aliphatic carbocycles. The van der Waals surface area contributed by atoms with Crippen LogP contribution in [-0.4, -0.2) is 64.0 Å². The van der Waals surface area contributed by atoms with Gasteiger partial charge in [0.2, 0.25) is 0 Å². The van der Waals surface area contributed by atoms with E-state index in [1.54, 1.807) is 22.9 Å². The molecule has 36 heavy (non-hydrogen) atoms. The van der Waals surface area contributed by atoms with Gasteiger partial charge in [0.05, 0.1) is 16.8 Å². The second-order valence-electron chi connectivity index (χ2n) is 10.3. The topological polar surface area (TPSA) is 72.3 Å². The molecule has 0 radical (unpaired) electrons. The number of carbonyl (C=O) groups is 1. The molecule has 1 unspecified atom stereocenters. The molecule has 1 saturated carbocycles. The lowest BCUT2D eigenvalue weighted by Crippen LogP contribution is -2.38. The molecular weight excluding hydrogens is 477 g/mol. The van der Waals surface area contributed by atoms with E-state index in [0.29, 0.717) is 10.8 Å². The Balaban J connectivity index is 1.05. The van der Waals surface area contributed by atoms with E-state index in [1.807, 2.05) is 31.4 Å². The largest absolute Gasteiger partial charge is 0.464 e. The summed E-state index contributed by atoms with van der Waals surface area (Å²) in [6.07, 6.45) is 9.02. The van der Waals surface area contributed by atoms with Gasteiger partial charge in [-0.15, -0.1) is 0 Å². The van der Waals surface area contributed by atoms with Gasteiger partial charge in [0.25, 0.3) is 11.1 Å². The number of amides is 1. The maximum absolute atomic E-state index is 13.0. The van der Waals surface area contributed by atoms with Gasteiger partial charge in [0, 0.05) is 49.1 Å². The number of aryl methyl sites for hydroxylation is 1. The molecule has 2 aliphatic rings. The molecule has 3 heterocycles. The SMILES string of the molecule is CC(CF)Oc1nc2c(s1)CCN(CCC1CCC(NC(=O)c3cccc4nn(C)cc34)CC1)CC2. The number of nitrogens with zero attached hydrogens (tertiary/aromatic N) is 4. The van der Waals surface area contributed by atoms with Gasteiger partial charge in [0.1, 0.15) is 12.8 Å². The lowest BCUT2D eigenvalue weighted by atomic mass is 9.84. The third-order valence-corrected chi connectivity index (χ3v) is 8.59. The molecular formula is C27H36FN5O2S. The van der Waals surface area contributed by atoms with E-state index in [2.05, 4.69) is 20.3 Å². The Hall–Kier alpha value is -2.52. The minimum absolute atomic E-state index is 0.00963. The fraction of sp³-hybridized carbons (Fsp3) is 0.593. The van der Waals surface area contributed by atoms with Crippen molar-refractivity contribution in [2.24, 2.45) is 13.0 Å². The van der Waals surface area contributed by atoms with Crippen LogP contribution >= 0.6 is 11.3 Å². The molecule has 0 saturated heterocycles. The molecule has 1 atom stereocenters. The van der Waals surface area contributed by atoms with Crippen LogP contribution in [0.2, 0.25) is 0 Å². The molecule has 2 aromatic heterocycles. The maximum Gasteiger partial charge on any atom is 0.273 e. The first-order valence-corrected chi connectivity index (χ1v) is 14.0. The van der Waals surface area contributed by atoms with Crippen LogP contribution in [0.5, 0.6) is 5.19 Å². The molecule has 1 N–H and O–H groups in total. The fourth-order valence-electron chi connectivity index (χ4n) is 5.45. The van der Waals surface area contributed by atoms with Crippen molar-refractivity contribution in [3.05, 3.63) is 40.5 Å². The summed E-state index contributed by atoms with van der Waals surface area (Å²) in [6.45, 7) is 4.41. The van der Waals surface area contributed by atoms with Gasteiger partial charge in [-0.25, -0.2) is 9.37 Å². The monoisotopic (exact) mass is 513 g/mol. The number of rotatable bonds is 8. The number of hydrogen-bond acceptors (Lipinski definition) is 6. The Morgan fingerprint density at radius 3 is 2.86 bits per heavy atom. The van der Waals surface area contributed by atoms with E-state index in [0.717, 1.165) is 80.7 Å². The summed E-state index contributed by atoms with van der Waals surface area (Å²) in [6, 6.07) is 5.98. The maximum atomic E-state index is 13.0. The lowest BCUT2D eigenvalue weighted by molar-refractivity contribution is 0.0921. The lowest BCUT2D eigenvalue weighted by Gasteiger charge is -2.30. The Bertz CT molecular complexity index is 1160. The van der Waals surface area contributed by atoms with Crippen molar-refractivity contribution in [1.29, 1.82) is 0 Å². The number of hydrogen-bond donors (Lipinski definition) is 1. The predicted molar refractivity (Wildman–Crippen MR) is 141 cm³/mol. The summed E-state index contributed by atoms with van der Waals surface area (Å²) < 4.78 is 20.1. The van der Waals surface area contributed by atoms with Gasteiger partial charge < -0.3 is 15.0 Å². The van der Waals surface area contributed by atoms with E-state index in [-0.39, 0.29) is 11.9 Å². The zero-order chi connectivity index (χ0) is 25.1. The minimum Gasteiger partial charge on any atom is -0.464 e. The van der Waals surface area contributed by atoms with Crippen LogP contribution in [-0.2, 0) is 19.9 Å². The van der Waals surface area contributed by atoms with Crippen molar-refractivity contribution in [1.82, 2.24) is 25.0 Å². The number of thiazole rings is 1. The van der Waals surface area contributed by atoms with Crippen molar-refractivity contribution in [2.75, 3.05) is 26.3 Å². The molecule has 194 valence electrons. The van der Waals surface area contributed by atoms with Crippen LogP contribution < -0.4 is 10.1 Å². The average molecular weight is 514 g/mol. The van der Waals surface area contributed by atoms with E-state index in [1.165, 1.54) is 11.3 Å². The van der Waals surface area contributed by atoms with E-state index in [9.17, 15) is 9.18 Å². The Kier molecular flexibility index (Phi) is 7.86. The van der Waals surface area contributed by atoms with Gasteiger partial charge in [-0.2, -0.15) is 5.10 Å². The number of nitrogens with one attached hydrogen (secondary N) is 1. The molecule has 9 heteroatoms. The van der Waals surface area contributed by atoms with E-state index >= 15 is 0 Å². The second kappa shape index (κ2) is 11.3. The third kappa shape index (κ3) is 5.89. The molecule has 1 amide bonds. The Labute approximate surface area is 216 Å². The van der Waals surface area contributed by atoms with Crippen molar-refractivity contribution in [3.63, 3.8) is 0 Å². The van der Waals surface area contributed by atoms with Crippen molar-refractivity contribution >= 4 is 28.1 Å². The van der Waals surface area contributed by atoms with Gasteiger partial charge in [-0.1, -0.05) is 17.4 Å². The quantitative estimate of drug-likeness (QED) is 0.479. The highest BCUT2D eigenvalue weighted by molar-refractivity contribution is 7.13. The summed E-state index contributed by atoms with van der Waals surface area (Å²) >= 11 is 1.58. The molecule has 0 spiro atoms. The number of ether oxygens (including phenoxy) is 1. The molecule has 1 fully saturated rings. The molecule has 1 aliphatic heterocycles. The standard InChI is InChI=1S/C27H36FN5O2S/c1-18(16-28)35-27-30-24-11-14-33(15-12-25(24)36-27)13-10-19-6-8-20(9-7-19)29-26(34)21-4-3-5-23-22(21)17-32(2)31-23/h3-5,17-20H,6-16H2,1-2H3,(H,29,34). The first-order chi connectivity index (χ1) is 17.5. The number of benzene rings is 1. The molecule has 5 rings (SSSR count). The summed E-state index contributed by atoms with van der Waals surface area (Å²) in [5.74, 6) is 0.730. The van der Waals surface area contributed by atoms with Gasteiger partial charge in [-0.3, -0.25) is 9.48 Å². The van der Waals surface area contributed by atoms with Crippen LogP contribution in [0, 0.1) is 5.92 Å². The van der Waals surface area contributed by atoms with Gasteiger partial charge in [-0.05, 0) is 70.0 Å². The molecule has 1 aromatic carbocycles. The number of alkyl halides is 1. The smallest absolute Gasteiger partial charge is 0.273 e. The van der Waals surface area contributed by atoms with E-state index < -0.39 is 12.8 Å². The number of carbonyl (C=O) groups excluding carboxylic acids is 1. The summed E-state index contributed by atoms with van der Waals surface area (Å²) in [4.78, 5) is 21.4. The molecule has 3 aromatic rings. The van der Waals surface area contributed by atoms with Crippen LogP contribution in [0.1, 0.15) is 60.0 Å². The number of fused-ring (bicyclic) bond motifs is 2. The highest BCUT2D eigenvalue weighted by Crippen LogP contribution is 2.31. The summed E-state index contributed by atoms with van der Waals surface area (Å²) in [7, 11) is 1.88. The van der Waals surface area contributed by atoms with Crippen LogP contribution in [0.25, 0.3) is 10.9 Å². The average Bonchev–Trinajstić information content (AvgIpc) is 3.40. The summed E-state index contributed by atoms with van der Waals surface area (Å²) in [5, 5.41) is 9.21. The second-order valence-corrected chi connectivity index (χ2v) is 11.3. The highest BCUT2D eigenvalue weighted by Gasteiger charge is 2.25.